The second kappa shape index (κ2) is 5.17. The van der Waals surface area contributed by atoms with E-state index in [0.29, 0.717) is 6.04 Å². The summed E-state index contributed by atoms with van der Waals surface area (Å²) in [5, 5.41) is 3.37. The number of carbonyl (C=O) groups excluding carboxylic acids is 1. The minimum atomic E-state index is 0.0793. The van der Waals surface area contributed by atoms with Crippen LogP contribution < -0.4 is 5.32 Å². The van der Waals surface area contributed by atoms with E-state index < -0.39 is 0 Å². The molecule has 0 radical (unpaired) electrons. The first-order valence-corrected chi connectivity index (χ1v) is 6.92. The van der Waals surface area contributed by atoms with Crippen molar-refractivity contribution in [2.24, 2.45) is 0 Å². The van der Waals surface area contributed by atoms with Crippen molar-refractivity contribution >= 4 is 6.03 Å². The highest BCUT2D eigenvalue weighted by Gasteiger charge is 2.39. The molecule has 102 valence electrons. The number of nitrogens with zero attached hydrogens (tertiary/aromatic N) is 3. The molecule has 19 heavy (non-hydrogen) atoms. The van der Waals surface area contributed by atoms with Gasteiger partial charge < -0.3 is 15.1 Å². The van der Waals surface area contributed by atoms with E-state index in [2.05, 4.69) is 10.3 Å². The molecule has 5 heteroatoms. The van der Waals surface area contributed by atoms with Crippen LogP contribution in [0.1, 0.15) is 24.6 Å². The molecule has 1 N–H and O–H groups in total. The average molecular weight is 260 g/mol. The molecule has 2 saturated heterocycles. The summed E-state index contributed by atoms with van der Waals surface area (Å²) in [6.45, 7) is 2.73. The van der Waals surface area contributed by atoms with E-state index in [1.165, 1.54) is 0 Å². The summed E-state index contributed by atoms with van der Waals surface area (Å²) >= 11 is 0. The standard InChI is InChI=1S/C14H20N4O/c1-17-13(12-6-2-3-8-16-12)10-18(14(17)19)11-5-4-7-15-9-11/h2-3,6,8,11,13,15H,4-5,7,9-10H2,1H3. The van der Waals surface area contributed by atoms with Crippen molar-refractivity contribution in [1.82, 2.24) is 20.1 Å². The van der Waals surface area contributed by atoms with Crippen LogP contribution in [0.25, 0.3) is 0 Å². The Morgan fingerprint density at radius 3 is 3.00 bits per heavy atom. The van der Waals surface area contributed by atoms with Crippen molar-refractivity contribution in [2.45, 2.75) is 24.9 Å². The highest BCUT2D eigenvalue weighted by molar-refractivity contribution is 5.77. The number of pyridine rings is 1. The number of amides is 2. The molecule has 0 spiro atoms. The quantitative estimate of drug-likeness (QED) is 0.870. The molecule has 3 heterocycles. The third-order valence-electron chi connectivity index (χ3n) is 4.13. The van der Waals surface area contributed by atoms with E-state index in [1.807, 2.05) is 35.0 Å². The van der Waals surface area contributed by atoms with Crippen molar-refractivity contribution in [3.05, 3.63) is 30.1 Å². The van der Waals surface area contributed by atoms with Gasteiger partial charge >= 0.3 is 6.03 Å². The fourth-order valence-electron chi connectivity index (χ4n) is 2.99. The smallest absolute Gasteiger partial charge is 0.318 e. The molecule has 2 atom stereocenters. The van der Waals surface area contributed by atoms with Gasteiger partial charge in [-0.25, -0.2) is 4.79 Å². The molecule has 0 aromatic carbocycles. The number of nitrogens with one attached hydrogen (secondary N) is 1. The zero-order valence-corrected chi connectivity index (χ0v) is 11.2. The molecule has 1 aromatic rings. The van der Waals surface area contributed by atoms with Gasteiger partial charge in [0.15, 0.2) is 0 Å². The Morgan fingerprint density at radius 1 is 1.42 bits per heavy atom. The Kier molecular flexibility index (Phi) is 3.38. The zero-order valence-electron chi connectivity index (χ0n) is 11.2. The Bertz CT molecular complexity index is 444. The van der Waals surface area contributed by atoms with Crippen LogP contribution in [-0.4, -0.2) is 53.5 Å². The van der Waals surface area contributed by atoms with Gasteiger partial charge in [-0.05, 0) is 31.5 Å². The van der Waals surface area contributed by atoms with Crippen LogP contribution in [0.5, 0.6) is 0 Å². The molecular weight excluding hydrogens is 240 g/mol. The average Bonchev–Trinajstić information content (AvgIpc) is 2.77. The first-order chi connectivity index (χ1) is 9.27. The van der Waals surface area contributed by atoms with Crippen LogP contribution in [-0.2, 0) is 0 Å². The molecule has 0 bridgehead atoms. The molecule has 0 saturated carbocycles. The number of urea groups is 1. The topological polar surface area (TPSA) is 48.5 Å². The molecule has 1 aromatic heterocycles. The molecule has 2 aliphatic rings. The largest absolute Gasteiger partial charge is 0.320 e. The summed E-state index contributed by atoms with van der Waals surface area (Å²) in [5.74, 6) is 0. The van der Waals surface area contributed by atoms with Gasteiger partial charge in [0.25, 0.3) is 0 Å². The Balaban J connectivity index is 1.77. The van der Waals surface area contributed by atoms with Crippen LogP contribution in [0.15, 0.2) is 24.4 Å². The maximum Gasteiger partial charge on any atom is 0.320 e. The van der Waals surface area contributed by atoms with Crippen molar-refractivity contribution in [2.75, 3.05) is 26.7 Å². The fourth-order valence-corrected chi connectivity index (χ4v) is 2.99. The van der Waals surface area contributed by atoms with E-state index >= 15 is 0 Å². The van der Waals surface area contributed by atoms with Crippen LogP contribution >= 0.6 is 0 Å². The number of rotatable bonds is 2. The van der Waals surface area contributed by atoms with Gasteiger partial charge in [0.1, 0.15) is 0 Å². The summed E-state index contributed by atoms with van der Waals surface area (Å²) in [5.41, 5.74) is 0.976. The fraction of sp³-hybridized carbons (Fsp3) is 0.571. The lowest BCUT2D eigenvalue weighted by molar-refractivity contribution is 0.171. The number of piperidine rings is 1. The van der Waals surface area contributed by atoms with Crippen molar-refractivity contribution in [3.8, 4) is 0 Å². The van der Waals surface area contributed by atoms with Gasteiger partial charge in [-0.2, -0.15) is 0 Å². The highest BCUT2D eigenvalue weighted by atomic mass is 16.2. The second-order valence-electron chi connectivity index (χ2n) is 5.32. The van der Waals surface area contributed by atoms with Crippen LogP contribution in [0, 0.1) is 0 Å². The van der Waals surface area contributed by atoms with E-state index in [4.69, 9.17) is 0 Å². The van der Waals surface area contributed by atoms with Gasteiger partial charge in [0.2, 0.25) is 0 Å². The SMILES string of the molecule is CN1C(=O)N(C2CCCNC2)CC1c1ccccn1. The van der Waals surface area contributed by atoms with Gasteiger partial charge in [-0.1, -0.05) is 6.07 Å². The summed E-state index contributed by atoms with van der Waals surface area (Å²) in [4.78, 5) is 20.6. The van der Waals surface area contributed by atoms with E-state index in [-0.39, 0.29) is 12.1 Å². The van der Waals surface area contributed by atoms with Gasteiger partial charge in [0.05, 0.1) is 11.7 Å². The number of hydrogen-bond donors (Lipinski definition) is 1. The minimum absolute atomic E-state index is 0.0793. The lowest BCUT2D eigenvalue weighted by Gasteiger charge is -2.30. The lowest BCUT2D eigenvalue weighted by Crippen LogP contribution is -2.47. The maximum absolute atomic E-state index is 12.4. The summed E-state index contributed by atoms with van der Waals surface area (Å²) in [6.07, 6.45) is 4.03. The van der Waals surface area contributed by atoms with Gasteiger partial charge in [0, 0.05) is 32.4 Å². The van der Waals surface area contributed by atoms with E-state index in [1.54, 1.807) is 6.20 Å². The van der Waals surface area contributed by atoms with Crippen molar-refractivity contribution < 1.29 is 4.79 Å². The number of likely N-dealkylation sites (N-methyl/N-ethyl adjacent to an activating group) is 1. The predicted molar refractivity (Wildman–Crippen MR) is 72.7 cm³/mol. The molecule has 2 amide bonds. The Hall–Kier alpha value is -1.62. The molecule has 3 rings (SSSR count). The van der Waals surface area contributed by atoms with Crippen molar-refractivity contribution in [1.29, 1.82) is 0 Å². The van der Waals surface area contributed by atoms with E-state index in [9.17, 15) is 4.79 Å². The zero-order chi connectivity index (χ0) is 13.2. The summed E-state index contributed by atoms with van der Waals surface area (Å²) < 4.78 is 0. The molecule has 0 aliphatic carbocycles. The maximum atomic E-state index is 12.4. The molecule has 2 unspecified atom stereocenters. The normalized spacial score (nSPS) is 27.9. The predicted octanol–water partition coefficient (Wildman–Crippen LogP) is 1.24. The third kappa shape index (κ3) is 2.30. The second-order valence-corrected chi connectivity index (χ2v) is 5.32. The molecule has 2 aliphatic heterocycles. The molecule has 5 nitrogen and oxygen atoms in total. The number of aromatic nitrogens is 1. The van der Waals surface area contributed by atoms with Gasteiger partial charge in [-0.3, -0.25) is 4.98 Å². The number of carbonyl (C=O) groups is 1. The van der Waals surface area contributed by atoms with Crippen LogP contribution in [0.3, 0.4) is 0 Å². The third-order valence-corrected chi connectivity index (χ3v) is 4.13. The molecule has 2 fully saturated rings. The first kappa shape index (κ1) is 12.4. The monoisotopic (exact) mass is 260 g/mol. The Labute approximate surface area is 113 Å². The van der Waals surface area contributed by atoms with Crippen LogP contribution in [0.2, 0.25) is 0 Å². The highest BCUT2D eigenvalue weighted by Crippen LogP contribution is 2.29. The summed E-state index contributed by atoms with van der Waals surface area (Å²) in [7, 11) is 1.87. The molecular formula is C14H20N4O. The number of hydrogen-bond acceptors (Lipinski definition) is 3. The Morgan fingerprint density at radius 2 is 2.32 bits per heavy atom. The van der Waals surface area contributed by atoms with E-state index in [0.717, 1.165) is 38.2 Å². The lowest BCUT2D eigenvalue weighted by atomic mass is 10.1. The van der Waals surface area contributed by atoms with Crippen molar-refractivity contribution in [3.63, 3.8) is 0 Å². The van der Waals surface area contributed by atoms with Crippen LogP contribution in [0.4, 0.5) is 4.79 Å². The minimum Gasteiger partial charge on any atom is -0.318 e. The first-order valence-electron chi connectivity index (χ1n) is 6.92. The summed E-state index contributed by atoms with van der Waals surface area (Å²) in [6, 6.07) is 6.42. The van der Waals surface area contributed by atoms with Gasteiger partial charge in [-0.15, -0.1) is 0 Å².